The predicted octanol–water partition coefficient (Wildman–Crippen LogP) is 3.60. The molecular weight excluding hydrogens is 492 g/mol. The van der Waals surface area contributed by atoms with E-state index in [0.717, 1.165) is 24.0 Å². The molecule has 0 radical (unpaired) electrons. The highest BCUT2D eigenvalue weighted by Gasteiger charge is 2.33. The lowest BCUT2D eigenvalue weighted by Gasteiger charge is -2.24. The Morgan fingerprint density at radius 1 is 1.08 bits per heavy atom. The maximum Gasteiger partial charge on any atom is 0.338 e. The summed E-state index contributed by atoms with van der Waals surface area (Å²) in [5.74, 6) is 1.40. The number of methoxy groups -OCH3 is 3. The molecule has 4 rings (SSSR count). The first-order chi connectivity index (χ1) is 17.9. The van der Waals surface area contributed by atoms with Gasteiger partial charge in [-0.2, -0.15) is 0 Å². The molecule has 0 aliphatic carbocycles. The van der Waals surface area contributed by atoms with Crippen molar-refractivity contribution in [3.8, 4) is 17.2 Å². The van der Waals surface area contributed by atoms with Gasteiger partial charge in [0.15, 0.2) is 16.3 Å². The lowest BCUT2D eigenvalue weighted by Crippen LogP contribution is -2.39. The highest BCUT2D eigenvalue weighted by atomic mass is 32.1. The van der Waals surface area contributed by atoms with Crippen LogP contribution in [-0.2, 0) is 9.53 Å². The fourth-order valence-electron chi connectivity index (χ4n) is 4.17. The minimum Gasteiger partial charge on any atom is -0.497 e. The normalized spacial score (nSPS) is 15.2. The van der Waals surface area contributed by atoms with E-state index in [4.69, 9.17) is 18.9 Å². The lowest BCUT2D eigenvalue weighted by molar-refractivity contribution is -0.136. The summed E-state index contributed by atoms with van der Waals surface area (Å²) in [6.45, 7) is 4.47. The molecule has 194 valence electrons. The van der Waals surface area contributed by atoms with E-state index in [9.17, 15) is 9.59 Å². The molecule has 8 nitrogen and oxygen atoms in total. The summed E-state index contributed by atoms with van der Waals surface area (Å²) >= 11 is 1.27. The van der Waals surface area contributed by atoms with Crippen molar-refractivity contribution in [1.29, 1.82) is 0 Å². The number of ether oxygens (including phenoxy) is 4. The van der Waals surface area contributed by atoms with Crippen LogP contribution in [0.3, 0.4) is 0 Å². The number of thiazole rings is 1. The van der Waals surface area contributed by atoms with Gasteiger partial charge in [-0.25, -0.2) is 9.79 Å². The molecule has 9 heteroatoms. The van der Waals surface area contributed by atoms with Gasteiger partial charge in [-0.1, -0.05) is 42.9 Å². The van der Waals surface area contributed by atoms with Crippen LogP contribution in [0.1, 0.15) is 43.9 Å². The van der Waals surface area contributed by atoms with Crippen LogP contribution >= 0.6 is 11.3 Å². The number of esters is 1. The Kier molecular flexibility index (Phi) is 8.13. The Hall–Kier alpha value is -3.85. The standard InChI is InChI=1S/C28H30N2O6S/c1-6-7-14-36-21-13-8-18(15-22(21)34-4)16-23-26(31)30-25(19-9-11-20(33-3)12-10-19)24(27(32)35-5)17(2)29-28(30)37-23/h8-13,15-16,25H,6-7,14H2,1-5H3. The fraction of sp³-hybridized carbons (Fsp3) is 0.321. The van der Waals surface area contributed by atoms with Gasteiger partial charge < -0.3 is 18.9 Å². The van der Waals surface area contributed by atoms with Gasteiger partial charge in [0, 0.05) is 0 Å². The van der Waals surface area contributed by atoms with Gasteiger partial charge >= 0.3 is 5.97 Å². The molecule has 2 aromatic carbocycles. The lowest BCUT2D eigenvalue weighted by atomic mass is 9.96. The smallest absolute Gasteiger partial charge is 0.338 e. The number of rotatable bonds is 9. The van der Waals surface area contributed by atoms with Gasteiger partial charge in [0.2, 0.25) is 0 Å². The van der Waals surface area contributed by atoms with Crippen LogP contribution in [0, 0.1) is 0 Å². The Balaban J connectivity index is 1.83. The number of hydrogen-bond acceptors (Lipinski definition) is 8. The summed E-state index contributed by atoms with van der Waals surface area (Å²) in [5.41, 5.74) is 2.12. The zero-order valence-corrected chi connectivity index (χ0v) is 22.4. The summed E-state index contributed by atoms with van der Waals surface area (Å²) in [5, 5.41) is 0. The molecule has 1 aliphatic rings. The van der Waals surface area contributed by atoms with Crippen LogP contribution in [0.25, 0.3) is 6.08 Å². The molecule has 1 aromatic heterocycles. The zero-order chi connectivity index (χ0) is 26.5. The third-order valence-corrected chi connectivity index (χ3v) is 7.08. The van der Waals surface area contributed by atoms with Crippen molar-refractivity contribution in [3.05, 3.63) is 84.5 Å². The van der Waals surface area contributed by atoms with E-state index in [1.54, 1.807) is 43.9 Å². The van der Waals surface area contributed by atoms with E-state index in [1.807, 2.05) is 30.3 Å². The van der Waals surface area contributed by atoms with E-state index in [2.05, 4.69) is 11.9 Å². The number of aromatic nitrogens is 1. The van der Waals surface area contributed by atoms with Crippen LogP contribution in [0.4, 0.5) is 0 Å². The molecular formula is C28H30N2O6S. The number of carbonyl (C=O) groups excluding carboxylic acids is 1. The predicted molar refractivity (Wildman–Crippen MR) is 142 cm³/mol. The van der Waals surface area contributed by atoms with Gasteiger partial charge in [0.05, 0.1) is 49.8 Å². The molecule has 1 unspecified atom stereocenters. The SMILES string of the molecule is CCCCOc1ccc(C=c2sc3n(c2=O)C(c2ccc(OC)cc2)C(C(=O)OC)=C(C)N=3)cc1OC. The average Bonchev–Trinajstić information content (AvgIpc) is 3.22. The molecule has 3 aromatic rings. The monoisotopic (exact) mass is 522 g/mol. The van der Waals surface area contributed by atoms with Gasteiger partial charge in [-0.3, -0.25) is 9.36 Å². The van der Waals surface area contributed by atoms with Crippen molar-refractivity contribution in [1.82, 2.24) is 4.57 Å². The molecule has 1 atom stereocenters. The molecule has 37 heavy (non-hydrogen) atoms. The molecule has 0 spiro atoms. The zero-order valence-electron chi connectivity index (χ0n) is 21.6. The third-order valence-electron chi connectivity index (χ3n) is 6.10. The van der Waals surface area contributed by atoms with E-state index < -0.39 is 12.0 Å². The van der Waals surface area contributed by atoms with Gasteiger partial charge in [-0.05, 0) is 54.8 Å². The second kappa shape index (κ2) is 11.5. The van der Waals surface area contributed by atoms with Crippen molar-refractivity contribution in [3.63, 3.8) is 0 Å². The van der Waals surface area contributed by atoms with Crippen molar-refractivity contribution >= 4 is 23.4 Å². The average molecular weight is 523 g/mol. The van der Waals surface area contributed by atoms with Crippen molar-refractivity contribution in [2.24, 2.45) is 4.99 Å². The van der Waals surface area contributed by atoms with Crippen LogP contribution in [0.2, 0.25) is 0 Å². The number of fused-ring (bicyclic) bond motifs is 1. The molecule has 2 heterocycles. The molecule has 0 N–H and O–H groups in total. The van der Waals surface area contributed by atoms with E-state index in [-0.39, 0.29) is 5.56 Å². The Bertz CT molecular complexity index is 1500. The topological polar surface area (TPSA) is 88.4 Å². The molecule has 0 saturated carbocycles. The highest BCUT2D eigenvalue weighted by molar-refractivity contribution is 7.07. The first-order valence-electron chi connectivity index (χ1n) is 12.0. The van der Waals surface area contributed by atoms with E-state index in [1.165, 1.54) is 18.4 Å². The molecule has 0 amide bonds. The van der Waals surface area contributed by atoms with Crippen molar-refractivity contribution in [2.75, 3.05) is 27.9 Å². The largest absolute Gasteiger partial charge is 0.497 e. The number of nitrogens with zero attached hydrogens (tertiary/aromatic N) is 2. The first kappa shape index (κ1) is 26.2. The summed E-state index contributed by atoms with van der Waals surface area (Å²) in [6, 6.07) is 12.2. The quantitative estimate of drug-likeness (QED) is 0.315. The van der Waals surface area contributed by atoms with Crippen LogP contribution in [-0.4, -0.2) is 38.5 Å². The molecule has 0 fully saturated rings. The maximum absolute atomic E-state index is 13.7. The second-order valence-electron chi connectivity index (χ2n) is 8.46. The van der Waals surface area contributed by atoms with Gasteiger partial charge in [0.25, 0.3) is 5.56 Å². The summed E-state index contributed by atoms with van der Waals surface area (Å²) in [6.07, 6.45) is 3.79. The van der Waals surface area contributed by atoms with Gasteiger partial charge in [-0.15, -0.1) is 0 Å². The van der Waals surface area contributed by atoms with Crippen LogP contribution in [0.5, 0.6) is 17.2 Å². The second-order valence-corrected chi connectivity index (χ2v) is 9.47. The molecule has 0 saturated heterocycles. The van der Waals surface area contributed by atoms with Gasteiger partial charge in [0.1, 0.15) is 5.75 Å². The van der Waals surface area contributed by atoms with Crippen LogP contribution in [0.15, 0.2) is 63.5 Å². The van der Waals surface area contributed by atoms with Crippen molar-refractivity contribution < 1.29 is 23.7 Å². The molecule has 0 bridgehead atoms. The molecule has 1 aliphatic heterocycles. The van der Waals surface area contributed by atoms with E-state index >= 15 is 0 Å². The Morgan fingerprint density at radius 2 is 1.84 bits per heavy atom. The maximum atomic E-state index is 13.7. The third kappa shape index (κ3) is 5.32. The summed E-state index contributed by atoms with van der Waals surface area (Å²) in [7, 11) is 4.49. The summed E-state index contributed by atoms with van der Waals surface area (Å²) < 4.78 is 23.7. The fourth-order valence-corrected chi connectivity index (χ4v) is 5.21. The number of unbranched alkanes of at least 4 members (excludes halogenated alkanes) is 1. The number of allylic oxidation sites excluding steroid dienone is 1. The highest BCUT2D eigenvalue weighted by Crippen LogP contribution is 2.32. The Morgan fingerprint density at radius 3 is 2.49 bits per heavy atom. The summed E-state index contributed by atoms with van der Waals surface area (Å²) in [4.78, 5) is 31.6. The van der Waals surface area contributed by atoms with Crippen molar-refractivity contribution in [2.45, 2.75) is 32.7 Å². The number of benzene rings is 2. The Labute approximate surface area is 219 Å². The number of hydrogen-bond donors (Lipinski definition) is 0. The minimum absolute atomic E-state index is 0.249. The first-order valence-corrected chi connectivity index (χ1v) is 12.8. The van der Waals surface area contributed by atoms with Crippen LogP contribution < -0.4 is 29.1 Å². The van der Waals surface area contributed by atoms with E-state index in [0.29, 0.717) is 44.5 Å². The minimum atomic E-state index is -0.680. The number of carbonyl (C=O) groups is 1.